The highest BCUT2D eigenvalue weighted by molar-refractivity contribution is 6.11. The molecule has 10 nitrogen and oxygen atoms in total. The number of carbonyl (C=O) groups excluding carboxylic acids is 2. The van der Waals surface area contributed by atoms with E-state index in [1.165, 1.54) is 36.7 Å². The third-order valence-corrected chi connectivity index (χ3v) is 5.86. The molecule has 2 aromatic carbocycles. The lowest BCUT2D eigenvalue weighted by Gasteiger charge is -2.29. The summed E-state index contributed by atoms with van der Waals surface area (Å²) in [5.74, 6) is -2.41. The predicted molar refractivity (Wildman–Crippen MR) is 140 cm³/mol. The standard InChI is InChI=1S/C27H29N5O5/c1-27(2,3)22(14-33)32-24(34)16-6-9-18(20(12-16)26(36)37)21-13-30-11-10-19(21)25(35)31-17-7-4-15(5-8-17)23(28)29/h4-13,22,33H,14H2,1-3H3,(H3,28,29)(H,31,35)(H,32,34)(H,36,37)/t22-/m1/s1. The first kappa shape index (κ1) is 27.0. The van der Waals surface area contributed by atoms with Crippen molar-refractivity contribution in [3.63, 3.8) is 0 Å². The van der Waals surface area contributed by atoms with Crippen molar-refractivity contribution >= 4 is 29.3 Å². The molecule has 0 aliphatic heterocycles. The molecule has 0 saturated heterocycles. The van der Waals surface area contributed by atoms with Crippen LogP contribution in [0.4, 0.5) is 5.69 Å². The number of amidine groups is 1. The molecular weight excluding hydrogens is 474 g/mol. The van der Waals surface area contributed by atoms with Crippen LogP contribution in [0.1, 0.15) is 57.4 Å². The summed E-state index contributed by atoms with van der Waals surface area (Å²) in [4.78, 5) is 42.1. The molecule has 0 aliphatic rings. The van der Waals surface area contributed by atoms with Crippen molar-refractivity contribution in [1.82, 2.24) is 10.3 Å². The molecule has 192 valence electrons. The summed E-state index contributed by atoms with van der Waals surface area (Å²) in [7, 11) is 0. The van der Waals surface area contributed by atoms with Crippen LogP contribution in [0.3, 0.4) is 0 Å². The number of nitrogens with zero attached hydrogens (tertiary/aromatic N) is 1. The molecule has 1 atom stereocenters. The SMILES string of the molecule is CC(C)(C)[C@@H](CO)NC(=O)c1ccc(-c2cnccc2C(=O)Nc2ccc(C(=N)N)cc2)c(C(=O)O)c1. The summed E-state index contributed by atoms with van der Waals surface area (Å²) in [6.07, 6.45) is 2.80. The molecule has 7 N–H and O–H groups in total. The number of amides is 2. The number of carboxylic acids is 1. The zero-order valence-electron chi connectivity index (χ0n) is 20.7. The van der Waals surface area contributed by atoms with Crippen LogP contribution in [0.25, 0.3) is 11.1 Å². The predicted octanol–water partition coefficient (Wildman–Crippen LogP) is 3.12. The molecule has 0 unspecified atom stereocenters. The summed E-state index contributed by atoms with van der Waals surface area (Å²) < 4.78 is 0. The first-order chi connectivity index (χ1) is 17.4. The zero-order chi connectivity index (χ0) is 27.3. The average Bonchev–Trinajstić information content (AvgIpc) is 2.86. The van der Waals surface area contributed by atoms with Gasteiger partial charge in [0, 0.05) is 34.8 Å². The Kier molecular flexibility index (Phi) is 8.04. The lowest BCUT2D eigenvalue weighted by Crippen LogP contribution is -2.46. The van der Waals surface area contributed by atoms with E-state index in [4.69, 9.17) is 11.1 Å². The number of hydrogen-bond acceptors (Lipinski definition) is 6. The second-order valence-corrected chi connectivity index (χ2v) is 9.51. The highest BCUT2D eigenvalue weighted by atomic mass is 16.4. The highest BCUT2D eigenvalue weighted by Crippen LogP contribution is 2.29. The number of aliphatic hydroxyl groups excluding tert-OH is 1. The fraction of sp³-hybridized carbons (Fsp3) is 0.222. The Bertz CT molecular complexity index is 1350. The van der Waals surface area contributed by atoms with Crippen LogP contribution in [-0.4, -0.2) is 51.5 Å². The summed E-state index contributed by atoms with van der Waals surface area (Å²) in [6.45, 7) is 5.33. The summed E-state index contributed by atoms with van der Waals surface area (Å²) in [6, 6.07) is 11.5. The number of nitrogens with two attached hydrogens (primary N) is 1. The maximum atomic E-state index is 13.1. The molecule has 0 aliphatic carbocycles. The smallest absolute Gasteiger partial charge is 0.336 e. The largest absolute Gasteiger partial charge is 0.478 e. The van der Waals surface area contributed by atoms with E-state index in [0.717, 1.165) is 0 Å². The number of aliphatic hydroxyl groups is 1. The van der Waals surface area contributed by atoms with E-state index in [0.29, 0.717) is 11.3 Å². The number of benzene rings is 2. The molecule has 1 aromatic heterocycles. The van der Waals surface area contributed by atoms with Gasteiger partial charge in [0.15, 0.2) is 0 Å². The number of aromatic nitrogens is 1. The van der Waals surface area contributed by atoms with E-state index in [-0.39, 0.29) is 40.3 Å². The number of anilines is 1. The average molecular weight is 504 g/mol. The maximum Gasteiger partial charge on any atom is 0.336 e. The molecule has 3 rings (SSSR count). The van der Waals surface area contributed by atoms with E-state index in [1.54, 1.807) is 24.3 Å². The first-order valence-electron chi connectivity index (χ1n) is 11.4. The third-order valence-electron chi connectivity index (χ3n) is 5.86. The molecule has 37 heavy (non-hydrogen) atoms. The molecule has 2 amide bonds. The van der Waals surface area contributed by atoms with E-state index >= 15 is 0 Å². The van der Waals surface area contributed by atoms with Gasteiger partial charge in [-0.2, -0.15) is 0 Å². The van der Waals surface area contributed by atoms with E-state index in [1.807, 2.05) is 20.8 Å². The normalized spacial score (nSPS) is 11.9. The van der Waals surface area contributed by atoms with Crippen molar-refractivity contribution in [2.75, 3.05) is 11.9 Å². The quantitative estimate of drug-likeness (QED) is 0.202. The Balaban J connectivity index is 1.95. The number of pyridine rings is 1. The van der Waals surface area contributed by atoms with Crippen molar-refractivity contribution in [1.29, 1.82) is 5.41 Å². The number of carboxylic acid groups (broad SMARTS) is 1. The van der Waals surface area contributed by atoms with Crippen LogP contribution in [0.5, 0.6) is 0 Å². The van der Waals surface area contributed by atoms with Gasteiger partial charge in [0.25, 0.3) is 11.8 Å². The minimum absolute atomic E-state index is 0.0992. The molecule has 0 radical (unpaired) electrons. The van der Waals surface area contributed by atoms with Crippen LogP contribution in [-0.2, 0) is 0 Å². The van der Waals surface area contributed by atoms with Gasteiger partial charge in [0.2, 0.25) is 0 Å². The lowest BCUT2D eigenvalue weighted by molar-refractivity contribution is 0.0697. The third kappa shape index (κ3) is 6.36. The van der Waals surface area contributed by atoms with Crippen molar-refractivity contribution < 1.29 is 24.6 Å². The Hall–Kier alpha value is -4.57. The number of nitrogens with one attached hydrogen (secondary N) is 3. The van der Waals surface area contributed by atoms with E-state index < -0.39 is 29.2 Å². The van der Waals surface area contributed by atoms with Crippen molar-refractivity contribution in [3.8, 4) is 11.1 Å². The molecule has 0 spiro atoms. The monoisotopic (exact) mass is 503 g/mol. The summed E-state index contributed by atoms with van der Waals surface area (Å²) in [5.41, 5.74) is 6.59. The number of rotatable bonds is 8. The van der Waals surface area contributed by atoms with Crippen LogP contribution in [0.15, 0.2) is 60.9 Å². The topological polar surface area (TPSA) is 178 Å². The van der Waals surface area contributed by atoms with Gasteiger partial charge < -0.3 is 26.6 Å². The number of nitrogen functional groups attached to an aromatic ring is 1. The minimum Gasteiger partial charge on any atom is -0.478 e. The number of aromatic carboxylic acids is 1. The Morgan fingerprint density at radius 3 is 2.19 bits per heavy atom. The van der Waals surface area contributed by atoms with Crippen molar-refractivity contribution in [2.24, 2.45) is 11.1 Å². The van der Waals surface area contributed by atoms with Crippen molar-refractivity contribution in [3.05, 3.63) is 83.2 Å². The zero-order valence-corrected chi connectivity index (χ0v) is 20.7. The fourth-order valence-electron chi connectivity index (χ4n) is 3.61. The maximum absolute atomic E-state index is 13.1. The summed E-state index contributed by atoms with van der Waals surface area (Å²) in [5, 5.41) is 32.5. The van der Waals surface area contributed by atoms with Crippen LogP contribution >= 0.6 is 0 Å². The van der Waals surface area contributed by atoms with E-state index in [9.17, 15) is 24.6 Å². The highest BCUT2D eigenvalue weighted by Gasteiger charge is 2.27. The van der Waals surface area contributed by atoms with E-state index in [2.05, 4.69) is 15.6 Å². The Labute approximate surface area is 214 Å². The first-order valence-corrected chi connectivity index (χ1v) is 11.4. The number of hydrogen-bond donors (Lipinski definition) is 6. The van der Waals surface area contributed by atoms with Gasteiger partial charge in [-0.05, 0) is 53.4 Å². The van der Waals surface area contributed by atoms with Crippen molar-refractivity contribution in [2.45, 2.75) is 26.8 Å². The van der Waals surface area contributed by atoms with Gasteiger partial charge in [0.1, 0.15) is 5.84 Å². The molecule has 10 heteroatoms. The Morgan fingerprint density at radius 2 is 1.62 bits per heavy atom. The Morgan fingerprint density at radius 1 is 0.973 bits per heavy atom. The minimum atomic E-state index is -1.28. The van der Waals surface area contributed by atoms with Crippen LogP contribution in [0.2, 0.25) is 0 Å². The second kappa shape index (κ2) is 11.0. The molecular formula is C27H29N5O5. The lowest BCUT2D eigenvalue weighted by atomic mass is 9.87. The summed E-state index contributed by atoms with van der Waals surface area (Å²) >= 11 is 0. The van der Waals surface area contributed by atoms with Crippen LogP contribution < -0.4 is 16.4 Å². The van der Waals surface area contributed by atoms with Gasteiger partial charge in [0.05, 0.1) is 23.8 Å². The molecule has 0 fully saturated rings. The van der Waals surface area contributed by atoms with Gasteiger partial charge in [-0.15, -0.1) is 0 Å². The van der Waals surface area contributed by atoms with Gasteiger partial charge in [-0.1, -0.05) is 26.8 Å². The molecule has 0 bridgehead atoms. The molecule has 3 aromatic rings. The van der Waals surface area contributed by atoms with Gasteiger partial charge in [-0.3, -0.25) is 20.0 Å². The second-order valence-electron chi connectivity index (χ2n) is 9.51. The fourth-order valence-corrected chi connectivity index (χ4v) is 3.61. The van der Waals surface area contributed by atoms with Gasteiger partial charge >= 0.3 is 5.97 Å². The molecule has 1 heterocycles. The number of carbonyl (C=O) groups is 3. The van der Waals surface area contributed by atoms with Gasteiger partial charge in [-0.25, -0.2) is 4.79 Å². The molecule has 0 saturated carbocycles. The van der Waals surface area contributed by atoms with Crippen LogP contribution in [0, 0.1) is 10.8 Å².